The first-order chi connectivity index (χ1) is 13.1. The summed E-state index contributed by atoms with van der Waals surface area (Å²) in [5.74, 6) is -0.00968. The minimum absolute atomic E-state index is 0.0529. The number of thioether (sulfide) groups is 1. The van der Waals surface area contributed by atoms with Gasteiger partial charge in [-0.1, -0.05) is 0 Å². The summed E-state index contributed by atoms with van der Waals surface area (Å²) in [6.45, 7) is -0.0529. The van der Waals surface area contributed by atoms with E-state index in [-0.39, 0.29) is 12.3 Å². The van der Waals surface area contributed by atoms with Crippen molar-refractivity contribution in [3.05, 3.63) is 64.5 Å². The Labute approximate surface area is 157 Å². The number of amides is 1. The number of carbonyl (C=O) groups excluding carboxylic acids is 1. The van der Waals surface area contributed by atoms with Crippen LogP contribution in [0.5, 0.6) is 0 Å². The van der Waals surface area contributed by atoms with Crippen LogP contribution >= 0.6 is 11.8 Å². The first kappa shape index (κ1) is 18.5. The van der Waals surface area contributed by atoms with Crippen molar-refractivity contribution < 1.29 is 14.8 Å². The minimum atomic E-state index is -0.528. The van der Waals surface area contributed by atoms with Crippen LogP contribution in [0.15, 0.2) is 53.7 Å². The van der Waals surface area contributed by atoms with Crippen molar-refractivity contribution >= 4 is 29.0 Å². The molecule has 0 atom stereocenters. The Morgan fingerprint density at radius 2 is 2.04 bits per heavy atom. The highest BCUT2D eigenvalue weighted by Gasteiger charge is 2.13. The van der Waals surface area contributed by atoms with E-state index < -0.39 is 10.8 Å². The number of non-ortho nitro benzene ring substituents is 1. The van der Waals surface area contributed by atoms with Crippen LogP contribution < -0.4 is 5.32 Å². The number of nitro groups is 1. The molecule has 0 aliphatic carbocycles. The van der Waals surface area contributed by atoms with Crippen LogP contribution in [0, 0.1) is 10.1 Å². The first-order valence-electron chi connectivity index (χ1n) is 7.75. The van der Waals surface area contributed by atoms with Crippen LogP contribution in [0.25, 0.3) is 5.69 Å². The molecule has 0 aliphatic heterocycles. The van der Waals surface area contributed by atoms with Gasteiger partial charge in [0.25, 0.3) is 11.6 Å². The Morgan fingerprint density at radius 3 is 2.67 bits per heavy atom. The molecule has 1 aromatic heterocycles. The number of aliphatic hydroxyl groups is 1. The molecule has 0 saturated carbocycles. The van der Waals surface area contributed by atoms with E-state index in [1.54, 1.807) is 30.3 Å². The molecule has 10 nitrogen and oxygen atoms in total. The standard InChI is InChI=1S/C16H14N6O4S/c23-5-6-27-15-8-12(7-14(9-15)22(25)26)18-16(24)11-1-3-13(4-2-11)21-10-17-19-20-21/h1-4,7-10,23H,5-6H2,(H,18,24). The second-order valence-corrected chi connectivity index (χ2v) is 6.47. The number of aliphatic hydroxyl groups excluding tert-OH is 1. The summed E-state index contributed by atoms with van der Waals surface area (Å²) >= 11 is 1.26. The van der Waals surface area contributed by atoms with Crippen LogP contribution in [-0.2, 0) is 0 Å². The van der Waals surface area contributed by atoms with Crippen molar-refractivity contribution in [1.29, 1.82) is 0 Å². The van der Waals surface area contributed by atoms with Gasteiger partial charge in [0.2, 0.25) is 0 Å². The van der Waals surface area contributed by atoms with Gasteiger partial charge in [0.1, 0.15) is 6.33 Å². The number of hydrogen-bond donors (Lipinski definition) is 2. The third-order valence-corrected chi connectivity index (χ3v) is 4.42. The molecule has 2 aromatic carbocycles. The van der Waals surface area contributed by atoms with E-state index in [1.807, 2.05) is 0 Å². The van der Waals surface area contributed by atoms with Crippen molar-refractivity contribution in [3.63, 3.8) is 0 Å². The number of nitrogens with zero attached hydrogens (tertiary/aromatic N) is 5. The second-order valence-electron chi connectivity index (χ2n) is 5.30. The van der Waals surface area contributed by atoms with Gasteiger partial charge >= 0.3 is 0 Å². The third-order valence-electron chi connectivity index (χ3n) is 3.46. The number of tetrazole rings is 1. The number of carbonyl (C=O) groups is 1. The largest absolute Gasteiger partial charge is 0.396 e. The monoisotopic (exact) mass is 386 g/mol. The molecule has 0 radical (unpaired) electrons. The van der Waals surface area contributed by atoms with E-state index in [2.05, 4.69) is 20.8 Å². The quantitative estimate of drug-likeness (QED) is 0.357. The van der Waals surface area contributed by atoms with Gasteiger partial charge in [-0.15, -0.1) is 16.9 Å². The minimum Gasteiger partial charge on any atom is -0.396 e. The predicted octanol–water partition coefficient (Wildman–Crippen LogP) is 1.91. The SMILES string of the molecule is O=C(Nc1cc(SCCO)cc([N+](=O)[O-])c1)c1ccc(-n2cnnn2)cc1. The molecule has 0 saturated heterocycles. The molecule has 2 N–H and O–H groups in total. The lowest BCUT2D eigenvalue weighted by Crippen LogP contribution is -2.12. The van der Waals surface area contributed by atoms with E-state index in [9.17, 15) is 14.9 Å². The van der Waals surface area contributed by atoms with Gasteiger partial charge in [0, 0.05) is 34.0 Å². The van der Waals surface area contributed by atoms with Gasteiger partial charge < -0.3 is 10.4 Å². The number of rotatable bonds is 7. The Balaban J connectivity index is 1.78. The topological polar surface area (TPSA) is 136 Å². The maximum absolute atomic E-state index is 12.4. The average Bonchev–Trinajstić information content (AvgIpc) is 3.21. The van der Waals surface area contributed by atoms with E-state index in [1.165, 1.54) is 34.9 Å². The fourth-order valence-electron chi connectivity index (χ4n) is 2.26. The van der Waals surface area contributed by atoms with Gasteiger partial charge in [0.05, 0.1) is 17.2 Å². The van der Waals surface area contributed by atoms with Crippen LogP contribution in [0.2, 0.25) is 0 Å². The molecular formula is C16H14N6O4S. The molecule has 3 aromatic rings. The highest BCUT2D eigenvalue weighted by molar-refractivity contribution is 7.99. The van der Waals surface area contributed by atoms with Crippen molar-refractivity contribution in [3.8, 4) is 5.69 Å². The van der Waals surface area contributed by atoms with Crippen LogP contribution in [0.3, 0.4) is 0 Å². The molecule has 1 heterocycles. The summed E-state index contributed by atoms with van der Waals surface area (Å²) in [5, 5.41) is 33.5. The van der Waals surface area contributed by atoms with Crippen molar-refractivity contribution in [2.45, 2.75) is 4.90 Å². The second kappa shape index (κ2) is 8.38. The molecule has 138 valence electrons. The van der Waals surface area contributed by atoms with Crippen molar-refractivity contribution in [2.75, 3.05) is 17.7 Å². The smallest absolute Gasteiger partial charge is 0.272 e. The summed E-state index contributed by atoms with van der Waals surface area (Å²) in [6, 6.07) is 10.9. The summed E-state index contributed by atoms with van der Waals surface area (Å²) in [7, 11) is 0. The third kappa shape index (κ3) is 4.65. The molecule has 0 aliphatic rings. The lowest BCUT2D eigenvalue weighted by atomic mass is 10.2. The number of nitro benzene ring substituents is 1. The zero-order valence-corrected chi connectivity index (χ0v) is 14.7. The van der Waals surface area contributed by atoms with E-state index in [0.717, 1.165) is 0 Å². The lowest BCUT2D eigenvalue weighted by molar-refractivity contribution is -0.385. The molecule has 0 unspecified atom stereocenters. The number of nitrogens with one attached hydrogen (secondary N) is 1. The first-order valence-corrected chi connectivity index (χ1v) is 8.73. The summed E-state index contributed by atoms with van der Waals surface area (Å²) in [6.07, 6.45) is 1.43. The van der Waals surface area contributed by atoms with E-state index in [4.69, 9.17) is 5.11 Å². The van der Waals surface area contributed by atoms with E-state index >= 15 is 0 Å². The van der Waals surface area contributed by atoms with Gasteiger partial charge in [0.15, 0.2) is 0 Å². The highest BCUT2D eigenvalue weighted by Crippen LogP contribution is 2.28. The Morgan fingerprint density at radius 1 is 1.26 bits per heavy atom. The summed E-state index contributed by atoms with van der Waals surface area (Å²) in [4.78, 5) is 23.6. The van der Waals surface area contributed by atoms with Crippen LogP contribution in [0.1, 0.15) is 10.4 Å². The van der Waals surface area contributed by atoms with Gasteiger partial charge in [-0.3, -0.25) is 14.9 Å². The Hall–Kier alpha value is -3.31. The zero-order chi connectivity index (χ0) is 19.2. The number of hydrogen-bond acceptors (Lipinski definition) is 8. The summed E-state index contributed by atoms with van der Waals surface area (Å²) in [5.41, 5.74) is 1.24. The maximum atomic E-state index is 12.4. The van der Waals surface area contributed by atoms with Crippen LogP contribution in [-0.4, -0.2) is 48.5 Å². The zero-order valence-electron chi connectivity index (χ0n) is 13.8. The molecule has 1 amide bonds. The highest BCUT2D eigenvalue weighted by atomic mass is 32.2. The number of benzene rings is 2. The van der Waals surface area contributed by atoms with Crippen molar-refractivity contribution in [2.24, 2.45) is 0 Å². The molecule has 0 spiro atoms. The normalized spacial score (nSPS) is 10.6. The Bertz CT molecular complexity index is 946. The van der Waals surface area contributed by atoms with Gasteiger partial charge in [-0.25, -0.2) is 4.68 Å². The molecule has 3 rings (SSSR count). The van der Waals surface area contributed by atoms with Crippen molar-refractivity contribution in [1.82, 2.24) is 20.2 Å². The fraction of sp³-hybridized carbons (Fsp3) is 0.125. The summed E-state index contributed by atoms with van der Waals surface area (Å²) < 4.78 is 1.45. The number of anilines is 1. The van der Waals surface area contributed by atoms with Gasteiger partial charge in [-0.2, -0.15) is 0 Å². The van der Waals surface area contributed by atoms with Crippen LogP contribution in [0.4, 0.5) is 11.4 Å². The Kier molecular flexibility index (Phi) is 5.74. The maximum Gasteiger partial charge on any atom is 0.272 e. The van der Waals surface area contributed by atoms with Gasteiger partial charge in [-0.05, 0) is 40.8 Å². The molecule has 0 fully saturated rings. The fourth-order valence-corrected chi connectivity index (χ4v) is 3.00. The number of aromatic nitrogens is 4. The average molecular weight is 386 g/mol. The molecule has 0 bridgehead atoms. The molecule has 11 heteroatoms. The molecular weight excluding hydrogens is 372 g/mol. The van der Waals surface area contributed by atoms with E-state index in [0.29, 0.717) is 27.6 Å². The lowest BCUT2D eigenvalue weighted by Gasteiger charge is -2.08. The molecule has 27 heavy (non-hydrogen) atoms. The predicted molar refractivity (Wildman–Crippen MR) is 98.0 cm³/mol.